The van der Waals surface area contributed by atoms with E-state index < -0.39 is 5.97 Å². The van der Waals surface area contributed by atoms with Crippen molar-refractivity contribution in [1.82, 2.24) is 0 Å². The largest absolute Gasteiger partial charge is 0.545 e. The van der Waals surface area contributed by atoms with Crippen molar-refractivity contribution >= 4 is 12.0 Å². The van der Waals surface area contributed by atoms with Gasteiger partial charge in [0.25, 0.3) is 0 Å². The third kappa shape index (κ3) is 4.79. The molecule has 0 spiro atoms. The van der Waals surface area contributed by atoms with E-state index in [4.69, 9.17) is 9.47 Å². The van der Waals surface area contributed by atoms with Crippen LogP contribution in [0.1, 0.15) is 18.4 Å². The highest BCUT2D eigenvalue weighted by Crippen LogP contribution is 2.25. The van der Waals surface area contributed by atoms with Crippen LogP contribution in [0.4, 0.5) is 0 Å². The summed E-state index contributed by atoms with van der Waals surface area (Å²) < 4.78 is 11.0. The number of hydrogen-bond acceptors (Lipinski definition) is 4. The molecule has 1 N–H and O–H groups in total. The standard InChI is InChI=1S/C16H21NO4/c1-20-14-6-4-13(5-7-16(18)19)15(12-14)21-11-10-17-8-2-3-9-17/h4-7,12H,2-3,8-11H2,1H3,(H,18,19)/b7-5-. The van der Waals surface area contributed by atoms with Gasteiger partial charge in [-0.1, -0.05) is 0 Å². The van der Waals surface area contributed by atoms with Crippen molar-refractivity contribution in [2.75, 3.05) is 33.4 Å². The topological polar surface area (TPSA) is 63.0 Å². The van der Waals surface area contributed by atoms with Gasteiger partial charge in [0.2, 0.25) is 0 Å². The number of nitrogens with one attached hydrogen (secondary N) is 1. The molecule has 0 bridgehead atoms. The van der Waals surface area contributed by atoms with E-state index in [1.54, 1.807) is 30.2 Å². The first kappa shape index (κ1) is 15.4. The summed E-state index contributed by atoms with van der Waals surface area (Å²) in [6.45, 7) is 3.98. The average Bonchev–Trinajstić information content (AvgIpc) is 2.99. The van der Waals surface area contributed by atoms with Crippen molar-refractivity contribution in [2.24, 2.45) is 0 Å². The highest BCUT2D eigenvalue weighted by molar-refractivity contribution is 5.84. The Hall–Kier alpha value is -2.01. The third-order valence-electron chi connectivity index (χ3n) is 3.64. The number of ether oxygens (including phenoxy) is 2. The van der Waals surface area contributed by atoms with Gasteiger partial charge in [0, 0.05) is 24.5 Å². The highest BCUT2D eigenvalue weighted by atomic mass is 16.5. The number of likely N-dealkylation sites (tertiary alicyclic amines) is 1. The number of hydrogen-bond donors (Lipinski definition) is 1. The van der Waals surface area contributed by atoms with E-state index in [0.717, 1.165) is 12.6 Å². The van der Waals surface area contributed by atoms with Gasteiger partial charge < -0.3 is 24.3 Å². The summed E-state index contributed by atoms with van der Waals surface area (Å²) in [5, 5.41) is 10.5. The van der Waals surface area contributed by atoms with E-state index in [2.05, 4.69) is 0 Å². The minimum atomic E-state index is -1.22. The van der Waals surface area contributed by atoms with Crippen LogP contribution >= 0.6 is 0 Å². The van der Waals surface area contributed by atoms with Crippen LogP contribution in [0.25, 0.3) is 6.08 Å². The van der Waals surface area contributed by atoms with E-state index in [1.807, 2.05) is 0 Å². The van der Waals surface area contributed by atoms with Crippen LogP contribution < -0.4 is 19.5 Å². The van der Waals surface area contributed by atoms with E-state index in [0.29, 0.717) is 23.7 Å². The van der Waals surface area contributed by atoms with Gasteiger partial charge in [0.05, 0.1) is 26.2 Å². The number of carboxylic acid groups (broad SMARTS) is 1. The molecule has 114 valence electrons. The summed E-state index contributed by atoms with van der Waals surface area (Å²) >= 11 is 0. The molecule has 0 unspecified atom stereocenters. The summed E-state index contributed by atoms with van der Waals surface area (Å²) in [6, 6.07) is 5.32. The lowest BCUT2D eigenvalue weighted by Gasteiger charge is -2.14. The first-order chi connectivity index (χ1) is 10.2. The number of quaternary nitrogens is 1. The molecule has 0 radical (unpaired) electrons. The summed E-state index contributed by atoms with van der Waals surface area (Å²) in [5.74, 6) is 0.0906. The number of carbonyl (C=O) groups excluding carboxylic acids is 1. The minimum Gasteiger partial charge on any atom is -0.545 e. The zero-order chi connectivity index (χ0) is 15.1. The monoisotopic (exact) mass is 291 g/mol. The van der Waals surface area contributed by atoms with Crippen LogP contribution in [-0.2, 0) is 4.79 Å². The first-order valence-corrected chi connectivity index (χ1v) is 7.22. The van der Waals surface area contributed by atoms with Crippen LogP contribution in [0.15, 0.2) is 24.3 Å². The minimum absolute atomic E-state index is 0.606. The SMILES string of the molecule is COc1ccc(/C=C\C(=O)[O-])c(OCC[NH+]2CCCC2)c1. The fourth-order valence-corrected chi connectivity index (χ4v) is 2.49. The van der Waals surface area contributed by atoms with Gasteiger partial charge in [0.1, 0.15) is 24.7 Å². The second-order valence-corrected chi connectivity index (χ2v) is 5.11. The quantitative estimate of drug-likeness (QED) is 0.689. The van der Waals surface area contributed by atoms with Gasteiger partial charge in [-0.2, -0.15) is 0 Å². The molecule has 0 saturated carbocycles. The molecule has 1 aromatic carbocycles. The van der Waals surface area contributed by atoms with E-state index in [9.17, 15) is 9.90 Å². The smallest absolute Gasteiger partial charge is 0.137 e. The number of rotatable bonds is 7. The number of methoxy groups -OCH3 is 1. The summed E-state index contributed by atoms with van der Waals surface area (Å²) in [5.41, 5.74) is 0.705. The molecule has 0 atom stereocenters. The van der Waals surface area contributed by atoms with Crippen LogP contribution in [0.2, 0.25) is 0 Å². The molecule has 1 aromatic rings. The fraction of sp³-hybridized carbons (Fsp3) is 0.438. The number of benzene rings is 1. The lowest BCUT2D eigenvalue weighted by molar-refractivity contribution is -0.887. The predicted octanol–water partition coefficient (Wildman–Crippen LogP) is -0.484. The molecule has 0 aromatic heterocycles. The Balaban J connectivity index is 2.01. The predicted molar refractivity (Wildman–Crippen MR) is 77.3 cm³/mol. The Kier molecular flexibility index (Phi) is 5.63. The van der Waals surface area contributed by atoms with Crippen LogP contribution in [0.3, 0.4) is 0 Å². The summed E-state index contributed by atoms with van der Waals surface area (Å²) in [7, 11) is 1.59. The Labute approximate surface area is 124 Å². The molecule has 5 heteroatoms. The van der Waals surface area contributed by atoms with Gasteiger partial charge in [-0.05, 0) is 24.3 Å². The molecule has 0 aliphatic carbocycles. The van der Waals surface area contributed by atoms with Crippen LogP contribution in [0, 0.1) is 0 Å². The third-order valence-corrected chi connectivity index (χ3v) is 3.64. The van der Waals surface area contributed by atoms with Crippen LogP contribution in [-0.4, -0.2) is 39.3 Å². The zero-order valence-corrected chi connectivity index (χ0v) is 12.3. The lowest BCUT2D eigenvalue weighted by Crippen LogP contribution is -3.10. The lowest BCUT2D eigenvalue weighted by atomic mass is 10.1. The molecule has 0 amide bonds. The molecule has 1 saturated heterocycles. The Morgan fingerprint density at radius 3 is 2.81 bits per heavy atom. The Morgan fingerprint density at radius 1 is 1.38 bits per heavy atom. The molecule has 1 fully saturated rings. The van der Waals surface area contributed by atoms with E-state index in [1.165, 1.54) is 32.0 Å². The number of carboxylic acids is 1. The van der Waals surface area contributed by atoms with Gasteiger partial charge in [0.15, 0.2) is 0 Å². The van der Waals surface area contributed by atoms with E-state index in [-0.39, 0.29) is 0 Å². The number of aliphatic carboxylic acids is 1. The van der Waals surface area contributed by atoms with Crippen molar-refractivity contribution in [1.29, 1.82) is 0 Å². The average molecular weight is 291 g/mol. The van der Waals surface area contributed by atoms with Crippen molar-refractivity contribution in [3.05, 3.63) is 29.8 Å². The zero-order valence-electron chi connectivity index (χ0n) is 12.3. The molecule has 1 aliphatic rings. The maximum absolute atomic E-state index is 10.5. The van der Waals surface area contributed by atoms with Crippen molar-refractivity contribution in [2.45, 2.75) is 12.8 Å². The summed E-state index contributed by atoms with van der Waals surface area (Å²) in [4.78, 5) is 12.1. The van der Waals surface area contributed by atoms with E-state index >= 15 is 0 Å². The molecular weight excluding hydrogens is 270 g/mol. The second-order valence-electron chi connectivity index (χ2n) is 5.11. The Bertz CT molecular complexity index is 507. The van der Waals surface area contributed by atoms with Crippen molar-refractivity contribution in [3.63, 3.8) is 0 Å². The number of carbonyl (C=O) groups is 1. The molecule has 21 heavy (non-hydrogen) atoms. The Morgan fingerprint density at radius 2 is 2.14 bits per heavy atom. The highest BCUT2D eigenvalue weighted by Gasteiger charge is 2.15. The maximum Gasteiger partial charge on any atom is 0.137 e. The molecule has 5 nitrogen and oxygen atoms in total. The fourth-order valence-electron chi connectivity index (χ4n) is 2.49. The maximum atomic E-state index is 10.5. The molecule has 2 rings (SSSR count). The molecule has 1 aliphatic heterocycles. The van der Waals surface area contributed by atoms with Gasteiger partial charge in [-0.15, -0.1) is 0 Å². The normalized spacial score (nSPS) is 15.5. The first-order valence-electron chi connectivity index (χ1n) is 7.22. The van der Waals surface area contributed by atoms with Gasteiger partial charge in [-0.3, -0.25) is 0 Å². The molecular formula is C16H21NO4. The summed E-state index contributed by atoms with van der Waals surface area (Å²) in [6.07, 6.45) is 5.05. The molecule has 1 heterocycles. The van der Waals surface area contributed by atoms with Crippen molar-refractivity contribution < 1.29 is 24.3 Å². The van der Waals surface area contributed by atoms with Gasteiger partial charge >= 0.3 is 0 Å². The van der Waals surface area contributed by atoms with Crippen LogP contribution in [0.5, 0.6) is 11.5 Å². The van der Waals surface area contributed by atoms with Crippen molar-refractivity contribution in [3.8, 4) is 11.5 Å². The second kappa shape index (κ2) is 7.69. The van der Waals surface area contributed by atoms with Gasteiger partial charge in [-0.25, -0.2) is 0 Å².